The Balaban J connectivity index is 2.61. The predicted octanol–water partition coefficient (Wildman–Crippen LogP) is 2.71. The maximum absolute atomic E-state index is 11.4. The number of carboxylic acids is 1. The SMILES string of the molecule is CCCN(C)c1[nH]c2ccccc2c1C(=O)O. The number of carbonyl (C=O) groups is 1. The molecule has 0 unspecified atom stereocenters. The molecule has 0 atom stereocenters. The van der Waals surface area contributed by atoms with Gasteiger partial charge in [-0.3, -0.25) is 0 Å². The van der Waals surface area contributed by atoms with Crippen molar-refractivity contribution in [2.45, 2.75) is 13.3 Å². The first-order chi connectivity index (χ1) is 8.15. The lowest BCUT2D eigenvalue weighted by Crippen LogP contribution is -2.20. The number of H-pyrrole nitrogens is 1. The molecule has 0 aliphatic heterocycles. The van der Waals surface area contributed by atoms with Crippen LogP contribution in [0.3, 0.4) is 0 Å². The van der Waals surface area contributed by atoms with Gasteiger partial charge < -0.3 is 15.0 Å². The van der Waals surface area contributed by atoms with Gasteiger partial charge in [-0.2, -0.15) is 0 Å². The number of rotatable bonds is 4. The summed E-state index contributed by atoms with van der Waals surface area (Å²) in [5.74, 6) is -0.207. The van der Waals surface area contributed by atoms with Crippen LogP contribution in [0.1, 0.15) is 23.7 Å². The number of aromatic amines is 1. The quantitative estimate of drug-likeness (QED) is 0.852. The van der Waals surface area contributed by atoms with Gasteiger partial charge in [-0.15, -0.1) is 0 Å². The minimum Gasteiger partial charge on any atom is -0.478 e. The molecule has 0 radical (unpaired) electrons. The summed E-state index contributed by atoms with van der Waals surface area (Å²) in [7, 11) is 1.90. The summed E-state index contributed by atoms with van der Waals surface area (Å²) in [6.45, 7) is 2.90. The first-order valence-electron chi connectivity index (χ1n) is 5.70. The molecule has 0 saturated heterocycles. The van der Waals surface area contributed by atoms with E-state index in [0.717, 1.165) is 23.9 Å². The lowest BCUT2D eigenvalue weighted by molar-refractivity contribution is 0.0700. The number of nitrogens with zero attached hydrogens (tertiary/aromatic N) is 1. The maximum atomic E-state index is 11.4. The standard InChI is InChI=1S/C13H16N2O2/c1-3-8-15(2)12-11(13(16)17)9-6-4-5-7-10(9)14-12/h4-7,14H,3,8H2,1-2H3,(H,16,17). The summed E-state index contributed by atoms with van der Waals surface area (Å²) in [4.78, 5) is 16.5. The Hall–Kier alpha value is -1.97. The molecular weight excluding hydrogens is 216 g/mol. The second-order valence-electron chi connectivity index (χ2n) is 4.12. The number of fused-ring (bicyclic) bond motifs is 1. The van der Waals surface area contributed by atoms with Gasteiger partial charge in [0.25, 0.3) is 0 Å². The molecule has 0 aliphatic carbocycles. The molecule has 1 aromatic heterocycles. The third-order valence-corrected chi connectivity index (χ3v) is 2.84. The maximum Gasteiger partial charge on any atom is 0.340 e. The number of benzene rings is 1. The zero-order chi connectivity index (χ0) is 12.4. The zero-order valence-corrected chi connectivity index (χ0v) is 10.0. The second kappa shape index (κ2) is 4.49. The Labute approximate surface area is 99.9 Å². The highest BCUT2D eigenvalue weighted by Crippen LogP contribution is 2.28. The molecule has 0 amide bonds. The highest BCUT2D eigenvalue weighted by atomic mass is 16.4. The van der Waals surface area contributed by atoms with Crippen molar-refractivity contribution < 1.29 is 9.90 Å². The van der Waals surface area contributed by atoms with E-state index in [1.165, 1.54) is 0 Å². The number of anilines is 1. The Kier molecular flexibility index (Phi) is 3.04. The summed E-state index contributed by atoms with van der Waals surface area (Å²) < 4.78 is 0. The van der Waals surface area contributed by atoms with E-state index in [4.69, 9.17) is 0 Å². The normalized spacial score (nSPS) is 10.7. The fourth-order valence-electron chi connectivity index (χ4n) is 2.08. The predicted molar refractivity (Wildman–Crippen MR) is 68.8 cm³/mol. The van der Waals surface area contributed by atoms with E-state index in [1.54, 1.807) is 0 Å². The van der Waals surface area contributed by atoms with Crippen molar-refractivity contribution in [1.29, 1.82) is 0 Å². The van der Waals surface area contributed by atoms with Gasteiger partial charge in [0, 0.05) is 24.5 Å². The molecule has 1 heterocycles. The van der Waals surface area contributed by atoms with E-state index >= 15 is 0 Å². The average Bonchev–Trinajstić information content (AvgIpc) is 2.68. The van der Waals surface area contributed by atoms with Crippen LogP contribution < -0.4 is 4.90 Å². The Morgan fingerprint density at radius 2 is 2.12 bits per heavy atom. The molecule has 2 N–H and O–H groups in total. The highest BCUT2D eigenvalue weighted by molar-refractivity contribution is 6.08. The third kappa shape index (κ3) is 1.98. The molecule has 0 bridgehead atoms. The van der Waals surface area contributed by atoms with Crippen molar-refractivity contribution in [3.8, 4) is 0 Å². The van der Waals surface area contributed by atoms with Crippen LogP contribution in [0, 0.1) is 0 Å². The summed E-state index contributed by atoms with van der Waals surface area (Å²) in [5, 5.41) is 10.1. The molecule has 2 aromatic rings. The topological polar surface area (TPSA) is 56.3 Å². The number of nitrogens with one attached hydrogen (secondary N) is 1. The molecule has 2 rings (SSSR count). The van der Waals surface area contributed by atoms with Crippen LogP contribution in [0.4, 0.5) is 5.82 Å². The number of aromatic carboxylic acids is 1. The minimum atomic E-state index is -0.889. The minimum absolute atomic E-state index is 0.358. The molecule has 0 spiro atoms. The van der Waals surface area contributed by atoms with Gasteiger partial charge in [-0.1, -0.05) is 25.1 Å². The fourth-order valence-corrected chi connectivity index (χ4v) is 2.08. The molecular formula is C13H16N2O2. The van der Waals surface area contributed by atoms with Crippen LogP contribution >= 0.6 is 0 Å². The van der Waals surface area contributed by atoms with Crippen LogP contribution in [-0.4, -0.2) is 29.7 Å². The van der Waals surface area contributed by atoms with E-state index < -0.39 is 5.97 Å². The molecule has 90 valence electrons. The van der Waals surface area contributed by atoms with Crippen molar-refractivity contribution in [3.05, 3.63) is 29.8 Å². The highest BCUT2D eigenvalue weighted by Gasteiger charge is 2.19. The first-order valence-corrected chi connectivity index (χ1v) is 5.70. The van der Waals surface area contributed by atoms with Crippen LogP contribution in [0.5, 0.6) is 0 Å². The number of hydrogen-bond donors (Lipinski definition) is 2. The second-order valence-corrected chi connectivity index (χ2v) is 4.12. The van der Waals surface area contributed by atoms with Gasteiger partial charge in [0.05, 0.1) is 0 Å². The van der Waals surface area contributed by atoms with Crippen molar-refractivity contribution in [3.63, 3.8) is 0 Å². The molecule has 0 fully saturated rings. The molecule has 1 aromatic carbocycles. The molecule has 0 aliphatic rings. The Bertz CT molecular complexity index is 545. The van der Waals surface area contributed by atoms with Crippen LogP contribution in [0.2, 0.25) is 0 Å². The van der Waals surface area contributed by atoms with Crippen molar-refractivity contribution in [1.82, 2.24) is 4.98 Å². The fraction of sp³-hybridized carbons (Fsp3) is 0.308. The van der Waals surface area contributed by atoms with Gasteiger partial charge in [0.15, 0.2) is 0 Å². The lowest BCUT2D eigenvalue weighted by Gasteiger charge is -2.17. The molecule has 17 heavy (non-hydrogen) atoms. The van der Waals surface area contributed by atoms with Crippen LogP contribution in [0.25, 0.3) is 10.9 Å². The van der Waals surface area contributed by atoms with Gasteiger partial charge in [0.2, 0.25) is 0 Å². The van der Waals surface area contributed by atoms with Gasteiger partial charge in [-0.25, -0.2) is 4.79 Å². The summed E-state index contributed by atoms with van der Waals surface area (Å²) in [5.41, 5.74) is 1.22. The van der Waals surface area contributed by atoms with Crippen molar-refractivity contribution >= 4 is 22.7 Å². The van der Waals surface area contributed by atoms with E-state index in [2.05, 4.69) is 11.9 Å². The van der Waals surface area contributed by atoms with Gasteiger partial charge in [0.1, 0.15) is 11.4 Å². The number of para-hydroxylation sites is 1. The van der Waals surface area contributed by atoms with Crippen LogP contribution in [0.15, 0.2) is 24.3 Å². The van der Waals surface area contributed by atoms with E-state index in [9.17, 15) is 9.90 Å². The average molecular weight is 232 g/mol. The van der Waals surface area contributed by atoms with Crippen molar-refractivity contribution in [2.75, 3.05) is 18.5 Å². The molecule has 4 nitrogen and oxygen atoms in total. The summed E-state index contributed by atoms with van der Waals surface area (Å²) in [6, 6.07) is 7.48. The number of carboxylic acid groups (broad SMARTS) is 1. The van der Waals surface area contributed by atoms with Crippen LogP contribution in [-0.2, 0) is 0 Å². The summed E-state index contributed by atoms with van der Waals surface area (Å²) in [6.07, 6.45) is 0.977. The Morgan fingerprint density at radius 3 is 2.76 bits per heavy atom. The van der Waals surface area contributed by atoms with E-state index in [-0.39, 0.29) is 0 Å². The monoisotopic (exact) mass is 232 g/mol. The van der Waals surface area contributed by atoms with E-state index in [0.29, 0.717) is 11.4 Å². The van der Waals surface area contributed by atoms with Gasteiger partial charge in [-0.05, 0) is 12.5 Å². The molecule has 4 heteroatoms. The molecule has 0 saturated carbocycles. The van der Waals surface area contributed by atoms with Crippen molar-refractivity contribution in [2.24, 2.45) is 0 Å². The zero-order valence-electron chi connectivity index (χ0n) is 10.0. The number of aromatic nitrogens is 1. The van der Waals surface area contributed by atoms with Gasteiger partial charge >= 0.3 is 5.97 Å². The lowest BCUT2D eigenvalue weighted by atomic mass is 10.1. The first kappa shape index (κ1) is 11.5. The summed E-state index contributed by atoms with van der Waals surface area (Å²) >= 11 is 0. The Morgan fingerprint density at radius 1 is 1.41 bits per heavy atom. The number of hydrogen-bond acceptors (Lipinski definition) is 2. The largest absolute Gasteiger partial charge is 0.478 e. The smallest absolute Gasteiger partial charge is 0.340 e. The third-order valence-electron chi connectivity index (χ3n) is 2.84. The van der Waals surface area contributed by atoms with E-state index in [1.807, 2.05) is 36.2 Å².